The van der Waals surface area contributed by atoms with Gasteiger partial charge in [-0.1, -0.05) is 23.7 Å². The molecule has 0 aromatic heterocycles. The van der Waals surface area contributed by atoms with Crippen molar-refractivity contribution in [1.82, 2.24) is 5.43 Å². The number of halogens is 3. The van der Waals surface area contributed by atoms with E-state index in [1.54, 1.807) is 12.1 Å². The molecule has 0 aliphatic heterocycles. The molecule has 7 heteroatoms. The van der Waals surface area contributed by atoms with Gasteiger partial charge in [-0.3, -0.25) is 4.79 Å². The number of hydrazone groups is 1. The van der Waals surface area contributed by atoms with Crippen molar-refractivity contribution in [3.8, 4) is 5.75 Å². The monoisotopic (exact) mass is 352 g/mol. The zero-order valence-corrected chi connectivity index (χ0v) is 13.8. The van der Waals surface area contributed by atoms with Crippen molar-refractivity contribution in [3.63, 3.8) is 0 Å². The van der Waals surface area contributed by atoms with Crippen LogP contribution in [-0.4, -0.2) is 18.7 Å². The Kier molecular flexibility index (Phi) is 5.87. The SMILES string of the molecule is Cc1cc(OCC(=O)N/N=C/c2cccc(F)c2F)cc(C)c1Cl. The summed E-state index contributed by atoms with van der Waals surface area (Å²) in [7, 11) is 0. The topological polar surface area (TPSA) is 50.7 Å². The number of hydrogen-bond acceptors (Lipinski definition) is 3. The van der Waals surface area contributed by atoms with Gasteiger partial charge in [0.25, 0.3) is 5.91 Å². The molecule has 0 radical (unpaired) electrons. The standard InChI is InChI=1S/C17H15ClF2N2O2/c1-10-6-13(7-11(2)16(10)18)24-9-15(23)22-21-8-12-4-3-5-14(19)17(12)20/h3-8H,9H2,1-2H3,(H,22,23)/b21-8+. The summed E-state index contributed by atoms with van der Waals surface area (Å²) in [5, 5.41) is 4.22. The summed E-state index contributed by atoms with van der Waals surface area (Å²) >= 11 is 6.05. The Labute approximate surface area is 143 Å². The first-order valence-corrected chi connectivity index (χ1v) is 7.41. The molecule has 2 rings (SSSR count). The lowest BCUT2D eigenvalue weighted by Gasteiger charge is -2.09. The molecule has 2 aromatic rings. The number of ether oxygens (including phenoxy) is 1. The van der Waals surface area contributed by atoms with E-state index >= 15 is 0 Å². The number of carbonyl (C=O) groups excluding carboxylic acids is 1. The summed E-state index contributed by atoms with van der Waals surface area (Å²) in [6, 6.07) is 7.11. The summed E-state index contributed by atoms with van der Waals surface area (Å²) in [6.07, 6.45) is 1.02. The van der Waals surface area contributed by atoms with Crippen LogP contribution in [0.1, 0.15) is 16.7 Å². The molecular weight excluding hydrogens is 338 g/mol. The highest BCUT2D eigenvalue weighted by Crippen LogP contribution is 2.25. The van der Waals surface area contributed by atoms with E-state index in [1.807, 2.05) is 13.8 Å². The van der Waals surface area contributed by atoms with Gasteiger partial charge in [-0.15, -0.1) is 0 Å². The highest BCUT2D eigenvalue weighted by Gasteiger charge is 2.07. The normalized spacial score (nSPS) is 10.9. The molecule has 0 unspecified atom stereocenters. The number of nitrogens with one attached hydrogen (secondary N) is 1. The van der Waals surface area contributed by atoms with Crippen molar-refractivity contribution < 1.29 is 18.3 Å². The molecule has 0 aliphatic rings. The number of amides is 1. The highest BCUT2D eigenvalue weighted by molar-refractivity contribution is 6.32. The number of hydrogen-bond donors (Lipinski definition) is 1. The van der Waals surface area contributed by atoms with E-state index in [0.29, 0.717) is 10.8 Å². The molecule has 4 nitrogen and oxygen atoms in total. The third-order valence-corrected chi connectivity index (χ3v) is 3.75. The van der Waals surface area contributed by atoms with E-state index in [9.17, 15) is 13.6 Å². The maximum Gasteiger partial charge on any atom is 0.277 e. The fourth-order valence-electron chi connectivity index (χ4n) is 1.96. The second-order valence-corrected chi connectivity index (χ2v) is 5.47. The fraction of sp³-hybridized carbons (Fsp3) is 0.176. The molecule has 0 fully saturated rings. The molecule has 1 amide bonds. The molecule has 24 heavy (non-hydrogen) atoms. The third-order valence-electron chi connectivity index (χ3n) is 3.15. The van der Waals surface area contributed by atoms with Crippen molar-refractivity contribution in [3.05, 3.63) is 63.7 Å². The van der Waals surface area contributed by atoms with Gasteiger partial charge in [0.1, 0.15) is 5.75 Å². The van der Waals surface area contributed by atoms with Crippen LogP contribution in [0.4, 0.5) is 8.78 Å². The molecule has 0 aliphatic carbocycles. The fourth-order valence-corrected chi connectivity index (χ4v) is 2.07. The zero-order valence-electron chi connectivity index (χ0n) is 13.1. The summed E-state index contributed by atoms with van der Waals surface area (Å²) in [6.45, 7) is 3.39. The van der Waals surface area contributed by atoms with E-state index in [4.69, 9.17) is 16.3 Å². The summed E-state index contributed by atoms with van der Waals surface area (Å²) in [5.41, 5.74) is 3.79. The minimum atomic E-state index is -1.03. The molecule has 2 aromatic carbocycles. The molecule has 0 saturated heterocycles. The van der Waals surface area contributed by atoms with Crippen LogP contribution in [0.2, 0.25) is 5.02 Å². The smallest absolute Gasteiger partial charge is 0.277 e. The summed E-state index contributed by atoms with van der Waals surface area (Å²) < 4.78 is 31.8. The van der Waals surface area contributed by atoms with Crippen molar-refractivity contribution >= 4 is 23.7 Å². The van der Waals surface area contributed by atoms with Crippen molar-refractivity contribution in [2.45, 2.75) is 13.8 Å². The maximum absolute atomic E-state index is 13.4. The quantitative estimate of drug-likeness (QED) is 0.658. The van der Waals surface area contributed by atoms with Crippen molar-refractivity contribution in [1.29, 1.82) is 0 Å². The molecule has 126 valence electrons. The third kappa shape index (κ3) is 4.52. The van der Waals surface area contributed by atoms with Crippen LogP contribution in [0, 0.1) is 25.5 Å². The average Bonchev–Trinajstić information content (AvgIpc) is 2.54. The second-order valence-electron chi connectivity index (χ2n) is 5.10. The van der Waals surface area contributed by atoms with Crippen LogP contribution in [0.5, 0.6) is 5.75 Å². The number of rotatable bonds is 5. The molecule has 0 saturated carbocycles. The molecule has 0 bridgehead atoms. The van der Waals surface area contributed by atoms with Crippen LogP contribution in [-0.2, 0) is 4.79 Å². The second kappa shape index (κ2) is 7.88. The molecule has 0 heterocycles. The Balaban J connectivity index is 1.90. The Hall–Kier alpha value is -2.47. The number of carbonyl (C=O) groups is 1. The number of aryl methyl sites for hydroxylation is 2. The lowest BCUT2D eigenvalue weighted by Crippen LogP contribution is -2.24. The minimum Gasteiger partial charge on any atom is -0.484 e. The van der Waals surface area contributed by atoms with Crippen molar-refractivity contribution in [2.24, 2.45) is 5.10 Å². The Morgan fingerprint density at radius 3 is 2.62 bits per heavy atom. The highest BCUT2D eigenvalue weighted by atomic mass is 35.5. The first kappa shape index (κ1) is 17.9. The van der Waals surface area contributed by atoms with Crippen LogP contribution in [0.3, 0.4) is 0 Å². The van der Waals surface area contributed by atoms with Gasteiger partial charge in [0.05, 0.1) is 6.21 Å². The van der Waals surface area contributed by atoms with Gasteiger partial charge in [0, 0.05) is 10.6 Å². The Morgan fingerprint density at radius 1 is 1.29 bits per heavy atom. The van der Waals surface area contributed by atoms with Crippen LogP contribution >= 0.6 is 11.6 Å². The minimum absolute atomic E-state index is 0.0693. The van der Waals surface area contributed by atoms with Gasteiger partial charge in [-0.25, -0.2) is 14.2 Å². The van der Waals surface area contributed by atoms with Gasteiger partial charge in [-0.2, -0.15) is 5.10 Å². The first-order valence-electron chi connectivity index (χ1n) is 7.04. The largest absolute Gasteiger partial charge is 0.484 e. The van der Waals surface area contributed by atoms with Crippen LogP contribution < -0.4 is 10.2 Å². The van der Waals surface area contributed by atoms with Gasteiger partial charge in [-0.05, 0) is 43.2 Å². The zero-order chi connectivity index (χ0) is 17.7. The van der Waals surface area contributed by atoms with Gasteiger partial charge in [0.2, 0.25) is 0 Å². The molecular formula is C17H15ClF2N2O2. The summed E-state index contributed by atoms with van der Waals surface area (Å²) in [5.74, 6) is -2.04. The van der Waals surface area contributed by atoms with Crippen LogP contribution in [0.25, 0.3) is 0 Å². The molecule has 0 spiro atoms. The predicted octanol–water partition coefficient (Wildman–Crippen LogP) is 3.76. The van der Waals surface area contributed by atoms with E-state index in [0.717, 1.165) is 23.4 Å². The first-order chi connectivity index (χ1) is 11.4. The molecule has 0 atom stereocenters. The average molecular weight is 353 g/mol. The number of benzene rings is 2. The lowest BCUT2D eigenvalue weighted by atomic mass is 10.1. The maximum atomic E-state index is 13.4. The van der Waals surface area contributed by atoms with E-state index in [-0.39, 0.29) is 12.2 Å². The van der Waals surface area contributed by atoms with Crippen molar-refractivity contribution in [2.75, 3.05) is 6.61 Å². The predicted molar refractivity (Wildman–Crippen MR) is 88.5 cm³/mol. The van der Waals surface area contributed by atoms with E-state index in [1.165, 1.54) is 12.1 Å². The van der Waals surface area contributed by atoms with Gasteiger partial charge >= 0.3 is 0 Å². The summed E-state index contributed by atoms with van der Waals surface area (Å²) in [4.78, 5) is 11.7. The van der Waals surface area contributed by atoms with Gasteiger partial charge < -0.3 is 4.74 Å². The Morgan fingerprint density at radius 2 is 1.96 bits per heavy atom. The van der Waals surface area contributed by atoms with E-state index < -0.39 is 17.5 Å². The Bertz CT molecular complexity index is 771. The van der Waals surface area contributed by atoms with Crippen LogP contribution in [0.15, 0.2) is 35.4 Å². The van der Waals surface area contributed by atoms with E-state index in [2.05, 4.69) is 10.5 Å². The van der Waals surface area contributed by atoms with Gasteiger partial charge in [0.15, 0.2) is 18.2 Å². The lowest BCUT2D eigenvalue weighted by molar-refractivity contribution is -0.123. The number of nitrogens with zero attached hydrogens (tertiary/aromatic N) is 1. The molecule has 1 N–H and O–H groups in total.